The summed E-state index contributed by atoms with van der Waals surface area (Å²) in [5.74, 6) is 2.46. The monoisotopic (exact) mass is 343 g/mol. The number of aliphatic hydroxyl groups is 1. The number of rotatable bonds is 13. The van der Waals surface area contributed by atoms with Gasteiger partial charge in [0.15, 0.2) is 5.96 Å². The molecule has 0 radical (unpaired) electrons. The molecule has 24 heavy (non-hydrogen) atoms. The summed E-state index contributed by atoms with van der Waals surface area (Å²) in [6, 6.07) is 0. The predicted molar refractivity (Wildman–Crippen MR) is 103 cm³/mol. The molecule has 0 spiro atoms. The molecular weight excluding hydrogens is 302 g/mol. The third kappa shape index (κ3) is 11.7. The minimum absolute atomic E-state index is 0.237. The largest absolute Gasteiger partial charge is 0.396 e. The Balaban J connectivity index is 4.48. The average Bonchev–Trinajstić information content (AvgIpc) is 2.51. The van der Waals surface area contributed by atoms with Gasteiger partial charge in [0.2, 0.25) is 0 Å². The van der Waals surface area contributed by atoms with Crippen LogP contribution in [0.4, 0.5) is 0 Å². The van der Waals surface area contributed by atoms with Crippen molar-refractivity contribution in [2.75, 3.05) is 32.8 Å². The number of guanidine groups is 1. The highest BCUT2D eigenvalue weighted by molar-refractivity contribution is 5.79. The van der Waals surface area contributed by atoms with Crippen LogP contribution in [0.5, 0.6) is 0 Å². The SMILES string of the molecule is CCNC(=NCC(CCO)CC(C)C)NCCC(OCC)C(C)C. The van der Waals surface area contributed by atoms with Gasteiger partial charge in [0.25, 0.3) is 0 Å². The number of nitrogens with one attached hydrogen (secondary N) is 2. The van der Waals surface area contributed by atoms with E-state index in [1.165, 1.54) is 0 Å². The number of aliphatic hydroxyl groups excluding tert-OH is 1. The first-order valence-electron chi connectivity index (χ1n) is 9.69. The minimum Gasteiger partial charge on any atom is -0.396 e. The van der Waals surface area contributed by atoms with E-state index in [2.05, 4.69) is 45.3 Å². The summed E-state index contributed by atoms with van der Waals surface area (Å²) in [5.41, 5.74) is 0. The molecule has 3 N–H and O–H groups in total. The molecule has 0 saturated heterocycles. The van der Waals surface area contributed by atoms with Gasteiger partial charge in [-0.25, -0.2) is 0 Å². The van der Waals surface area contributed by atoms with Gasteiger partial charge in [0.05, 0.1) is 6.10 Å². The number of hydrogen-bond donors (Lipinski definition) is 3. The van der Waals surface area contributed by atoms with Gasteiger partial charge in [-0.2, -0.15) is 0 Å². The Bertz CT molecular complexity index is 320. The highest BCUT2D eigenvalue weighted by Gasteiger charge is 2.14. The van der Waals surface area contributed by atoms with Gasteiger partial charge in [-0.05, 0) is 50.9 Å². The van der Waals surface area contributed by atoms with Crippen LogP contribution >= 0.6 is 0 Å². The van der Waals surface area contributed by atoms with E-state index < -0.39 is 0 Å². The quantitative estimate of drug-likeness (QED) is 0.355. The fourth-order valence-electron chi connectivity index (χ4n) is 2.85. The summed E-state index contributed by atoms with van der Waals surface area (Å²) in [7, 11) is 0. The van der Waals surface area contributed by atoms with E-state index in [9.17, 15) is 5.11 Å². The van der Waals surface area contributed by atoms with Crippen LogP contribution in [0.15, 0.2) is 4.99 Å². The lowest BCUT2D eigenvalue weighted by Crippen LogP contribution is -2.39. The van der Waals surface area contributed by atoms with Crippen LogP contribution < -0.4 is 10.6 Å². The van der Waals surface area contributed by atoms with Gasteiger partial charge in [-0.15, -0.1) is 0 Å². The molecule has 0 aromatic carbocycles. The molecule has 0 aromatic heterocycles. The summed E-state index contributed by atoms with van der Waals surface area (Å²) in [6.45, 7) is 16.4. The lowest BCUT2D eigenvalue weighted by atomic mass is 9.94. The number of hydrogen-bond acceptors (Lipinski definition) is 3. The van der Waals surface area contributed by atoms with Crippen molar-refractivity contribution in [3.63, 3.8) is 0 Å². The second kappa shape index (κ2) is 14.5. The van der Waals surface area contributed by atoms with Crippen molar-refractivity contribution in [1.82, 2.24) is 10.6 Å². The van der Waals surface area contributed by atoms with Crippen LogP contribution in [0.25, 0.3) is 0 Å². The highest BCUT2D eigenvalue weighted by atomic mass is 16.5. The molecule has 5 heteroatoms. The highest BCUT2D eigenvalue weighted by Crippen LogP contribution is 2.15. The van der Waals surface area contributed by atoms with Gasteiger partial charge in [0.1, 0.15) is 0 Å². The summed E-state index contributed by atoms with van der Waals surface area (Å²) in [5, 5.41) is 15.9. The van der Waals surface area contributed by atoms with Crippen LogP contribution in [0.3, 0.4) is 0 Å². The van der Waals surface area contributed by atoms with E-state index in [1.807, 2.05) is 6.92 Å². The molecule has 0 rings (SSSR count). The molecule has 0 aliphatic rings. The molecular formula is C19H41N3O2. The van der Waals surface area contributed by atoms with Crippen LogP contribution in [-0.4, -0.2) is 50.0 Å². The van der Waals surface area contributed by atoms with Crippen LogP contribution in [0.1, 0.15) is 60.8 Å². The van der Waals surface area contributed by atoms with E-state index in [-0.39, 0.29) is 12.7 Å². The smallest absolute Gasteiger partial charge is 0.191 e. The van der Waals surface area contributed by atoms with Gasteiger partial charge < -0.3 is 20.5 Å². The fraction of sp³-hybridized carbons (Fsp3) is 0.947. The minimum atomic E-state index is 0.237. The molecule has 0 amide bonds. The Labute approximate surface area is 149 Å². The Morgan fingerprint density at radius 2 is 1.79 bits per heavy atom. The lowest BCUT2D eigenvalue weighted by molar-refractivity contribution is 0.0258. The maximum absolute atomic E-state index is 9.23. The Kier molecular flexibility index (Phi) is 14.0. The summed E-state index contributed by atoms with van der Waals surface area (Å²) in [4.78, 5) is 4.72. The lowest BCUT2D eigenvalue weighted by Gasteiger charge is -2.22. The molecule has 0 heterocycles. The van der Waals surface area contributed by atoms with Crippen molar-refractivity contribution in [2.45, 2.75) is 66.9 Å². The first-order chi connectivity index (χ1) is 11.4. The van der Waals surface area contributed by atoms with Crippen LogP contribution in [-0.2, 0) is 4.74 Å². The first kappa shape index (κ1) is 23.2. The fourth-order valence-corrected chi connectivity index (χ4v) is 2.85. The molecule has 0 fully saturated rings. The molecule has 0 aliphatic heterocycles. The van der Waals surface area contributed by atoms with E-state index in [4.69, 9.17) is 9.73 Å². The van der Waals surface area contributed by atoms with E-state index in [0.717, 1.165) is 51.5 Å². The number of aliphatic imine (C=N–C) groups is 1. The van der Waals surface area contributed by atoms with Crippen molar-refractivity contribution < 1.29 is 9.84 Å². The molecule has 0 aromatic rings. The van der Waals surface area contributed by atoms with Gasteiger partial charge in [-0.1, -0.05) is 27.7 Å². The Hall–Kier alpha value is -0.810. The van der Waals surface area contributed by atoms with Crippen molar-refractivity contribution in [1.29, 1.82) is 0 Å². The molecule has 144 valence electrons. The van der Waals surface area contributed by atoms with Crippen molar-refractivity contribution in [3.8, 4) is 0 Å². The second-order valence-electron chi connectivity index (χ2n) is 7.18. The molecule has 0 bridgehead atoms. The maximum Gasteiger partial charge on any atom is 0.191 e. The first-order valence-corrected chi connectivity index (χ1v) is 9.69. The van der Waals surface area contributed by atoms with Crippen LogP contribution in [0.2, 0.25) is 0 Å². The van der Waals surface area contributed by atoms with Crippen molar-refractivity contribution >= 4 is 5.96 Å². The zero-order valence-corrected chi connectivity index (χ0v) is 16.8. The molecule has 2 atom stereocenters. The summed E-state index contributed by atoms with van der Waals surface area (Å²) < 4.78 is 5.79. The van der Waals surface area contributed by atoms with Crippen molar-refractivity contribution in [2.24, 2.45) is 22.7 Å². The summed E-state index contributed by atoms with van der Waals surface area (Å²) >= 11 is 0. The number of nitrogens with zero attached hydrogens (tertiary/aromatic N) is 1. The van der Waals surface area contributed by atoms with E-state index in [0.29, 0.717) is 17.8 Å². The van der Waals surface area contributed by atoms with Gasteiger partial charge in [-0.3, -0.25) is 4.99 Å². The van der Waals surface area contributed by atoms with Gasteiger partial charge in [0, 0.05) is 32.8 Å². The van der Waals surface area contributed by atoms with Crippen LogP contribution in [0, 0.1) is 17.8 Å². The van der Waals surface area contributed by atoms with Crippen molar-refractivity contribution in [3.05, 3.63) is 0 Å². The Morgan fingerprint density at radius 1 is 1.08 bits per heavy atom. The normalized spacial score (nSPS) is 15.0. The average molecular weight is 344 g/mol. The zero-order chi connectivity index (χ0) is 18.4. The molecule has 5 nitrogen and oxygen atoms in total. The molecule has 0 saturated carbocycles. The summed E-state index contributed by atoms with van der Waals surface area (Å²) in [6.07, 6.45) is 3.18. The predicted octanol–water partition coefficient (Wildman–Crippen LogP) is 3.04. The number of ether oxygens (including phenoxy) is 1. The molecule has 0 aliphatic carbocycles. The zero-order valence-electron chi connectivity index (χ0n) is 16.8. The standard InChI is InChI=1S/C19H41N3O2/c1-7-20-19(21-11-9-18(16(5)6)24-8-2)22-14-17(10-12-23)13-15(3)4/h15-18,23H,7-14H2,1-6H3,(H2,20,21,22). The topological polar surface area (TPSA) is 65.9 Å². The third-order valence-electron chi connectivity index (χ3n) is 4.04. The van der Waals surface area contributed by atoms with E-state index >= 15 is 0 Å². The van der Waals surface area contributed by atoms with E-state index in [1.54, 1.807) is 0 Å². The Morgan fingerprint density at radius 3 is 2.29 bits per heavy atom. The third-order valence-corrected chi connectivity index (χ3v) is 4.04. The molecule has 2 unspecified atom stereocenters. The second-order valence-corrected chi connectivity index (χ2v) is 7.18. The maximum atomic E-state index is 9.23. The van der Waals surface area contributed by atoms with Gasteiger partial charge >= 0.3 is 0 Å².